The van der Waals surface area contributed by atoms with Gasteiger partial charge in [-0.2, -0.15) is 13.2 Å². The van der Waals surface area contributed by atoms with Crippen LogP contribution in [0.1, 0.15) is 5.56 Å². The van der Waals surface area contributed by atoms with E-state index in [4.69, 9.17) is 5.73 Å². The third-order valence-electron chi connectivity index (χ3n) is 1.38. The van der Waals surface area contributed by atoms with Gasteiger partial charge in [0.25, 0.3) is 0 Å². The summed E-state index contributed by atoms with van der Waals surface area (Å²) in [5, 5.41) is 0. The molecule has 2 N–H and O–H groups in total. The first-order valence-electron chi connectivity index (χ1n) is 3.52. The second-order valence-electron chi connectivity index (χ2n) is 2.48. The highest BCUT2D eigenvalue weighted by Gasteiger charge is 2.27. The van der Waals surface area contributed by atoms with E-state index in [2.05, 4.69) is 0 Å². The summed E-state index contributed by atoms with van der Waals surface area (Å²) in [6.07, 6.45) is 0. The summed E-state index contributed by atoms with van der Waals surface area (Å²) in [7, 11) is 0. The average molecular weight is 207 g/mol. The van der Waals surface area contributed by atoms with Gasteiger partial charge in [-0.05, 0) is 29.5 Å². The number of hydrogen-bond donors (Lipinski definition) is 1. The lowest BCUT2D eigenvalue weighted by molar-refractivity contribution is -0.0329. The van der Waals surface area contributed by atoms with E-state index in [1.54, 1.807) is 24.3 Å². The smallest absolute Gasteiger partial charge is 0.399 e. The van der Waals surface area contributed by atoms with Crippen molar-refractivity contribution in [2.75, 3.05) is 5.73 Å². The predicted octanol–water partition coefficient (Wildman–Crippen LogP) is 3.02. The molecule has 0 aliphatic carbocycles. The fraction of sp³-hybridized carbons (Fsp3) is 0.250. The predicted molar refractivity (Wildman–Crippen MR) is 48.2 cm³/mol. The van der Waals surface area contributed by atoms with Gasteiger partial charge >= 0.3 is 5.51 Å². The van der Waals surface area contributed by atoms with Gasteiger partial charge in [0.05, 0.1) is 0 Å². The van der Waals surface area contributed by atoms with Gasteiger partial charge in [0.1, 0.15) is 0 Å². The number of hydrogen-bond acceptors (Lipinski definition) is 2. The summed E-state index contributed by atoms with van der Waals surface area (Å²) in [5.74, 6) is -0.0657. The van der Waals surface area contributed by atoms with E-state index in [0.29, 0.717) is 11.3 Å². The van der Waals surface area contributed by atoms with Crippen molar-refractivity contribution in [1.29, 1.82) is 0 Å². The molecule has 0 heterocycles. The summed E-state index contributed by atoms with van der Waals surface area (Å²) in [6.45, 7) is 0. The number of nitrogen functional groups attached to an aromatic ring is 1. The molecule has 0 saturated carbocycles. The minimum Gasteiger partial charge on any atom is -0.399 e. The molecule has 1 nitrogen and oxygen atoms in total. The van der Waals surface area contributed by atoms with Crippen molar-refractivity contribution in [2.45, 2.75) is 11.3 Å². The second-order valence-corrected chi connectivity index (χ2v) is 3.52. The maximum absolute atomic E-state index is 11.8. The van der Waals surface area contributed by atoms with Crippen LogP contribution in [-0.4, -0.2) is 5.51 Å². The molecule has 1 aromatic rings. The molecule has 0 radical (unpaired) electrons. The maximum Gasteiger partial charge on any atom is 0.442 e. The minimum atomic E-state index is -4.17. The molecule has 0 bridgehead atoms. The van der Waals surface area contributed by atoms with Gasteiger partial charge in [0, 0.05) is 11.4 Å². The highest BCUT2D eigenvalue weighted by Crippen LogP contribution is 2.32. The van der Waals surface area contributed by atoms with Gasteiger partial charge in [-0.3, -0.25) is 0 Å². The zero-order valence-corrected chi connectivity index (χ0v) is 7.45. The third-order valence-corrected chi connectivity index (χ3v) is 2.19. The Labute approximate surface area is 78.1 Å². The first-order chi connectivity index (χ1) is 5.97. The molecule has 0 atom stereocenters. The van der Waals surface area contributed by atoms with E-state index in [1.165, 1.54) is 0 Å². The second kappa shape index (κ2) is 3.91. The Kier molecular flexibility index (Phi) is 3.08. The number of thioether (sulfide) groups is 1. The van der Waals surface area contributed by atoms with Crippen molar-refractivity contribution in [3.8, 4) is 0 Å². The van der Waals surface area contributed by atoms with Crippen molar-refractivity contribution >= 4 is 17.4 Å². The van der Waals surface area contributed by atoms with Crippen LogP contribution in [0.5, 0.6) is 0 Å². The van der Waals surface area contributed by atoms with Crippen LogP contribution in [0, 0.1) is 0 Å². The molecule has 1 aromatic carbocycles. The summed E-state index contributed by atoms with van der Waals surface area (Å²) >= 11 is -0.0483. The van der Waals surface area contributed by atoms with Crippen molar-refractivity contribution in [1.82, 2.24) is 0 Å². The Morgan fingerprint density at radius 3 is 2.15 bits per heavy atom. The van der Waals surface area contributed by atoms with Crippen molar-refractivity contribution in [3.05, 3.63) is 29.8 Å². The zero-order chi connectivity index (χ0) is 9.90. The van der Waals surface area contributed by atoms with E-state index < -0.39 is 5.51 Å². The first-order valence-corrected chi connectivity index (χ1v) is 4.51. The molecule has 0 unspecified atom stereocenters. The summed E-state index contributed by atoms with van der Waals surface area (Å²) in [5.41, 5.74) is 2.39. The fourth-order valence-electron chi connectivity index (χ4n) is 0.779. The Hall–Kier alpha value is -0.840. The Morgan fingerprint density at radius 1 is 1.15 bits per heavy atom. The molecule has 0 aliphatic rings. The van der Waals surface area contributed by atoms with Crippen LogP contribution in [0.3, 0.4) is 0 Å². The lowest BCUT2D eigenvalue weighted by atomic mass is 10.2. The van der Waals surface area contributed by atoms with E-state index >= 15 is 0 Å². The van der Waals surface area contributed by atoms with E-state index in [0.717, 1.165) is 0 Å². The molecule has 0 amide bonds. The maximum atomic E-state index is 11.8. The highest BCUT2D eigenvalue weighted by molar-refractivity contribution is 7.99. The van der Waals surface area contributed by atoms with Crippen molar-refractivity contribution in [3.63, 3.8) is 0 Å². The van der Waals surface area contributed by atoms with Gasteiger partial charge in [0.15, 0.2) is 0 Å². The number of nitrogens with two attached hydrogens (primary N) is 1. The molecule has 0 saturated heterocycles. The monoisotopic (exact) mass is 207 g/mol. The number of benzene rings is 1. The summed E-state index contributed by atoms with van der Waals surface area (Å²) in [6, 6.07) is 6.36. The van der Waals surface area contributed by atoms with Crippen LogP contribution in [0.2, 0.25) is 0 Å². The Balaban J connectivity index is 2.51. The molecule has 0 spiro atoms. The van der Waals surface area contributed by atoms with Gasteiger partial charge in [-0.25, -0.2) is 0 Å². The molecular weight excluding hydrogens is 199 g/mol. The van der Waals surface area contributed by atoms with E-state index in [1.807, 2.05) is 0 Å². The molecule has 72 valence electrons. The average Bonchev–Trinajstić information content (AvgIpc) is 2.02. The molecular formula is C8H8F3NS. The van der Waals surface area contributed by atoms with Gasteiger partial charge in [-0.1, -0.05) is 12.1 Å². The number of rotatable bonds is 2. The van der Waals surface area contributed by atoms with E-state index in [-0.39, 0.29) is 17.5 Å². The van der Waals surface area contributed by atoms with E-state index in [9.17, 15) is 13.2 Å². The Morgan fingerprint density at radius 2 is 1.69 bits per heavy atom. The molecule has 0 aliphatic heterocycles. The third kappa shape index (κ3) is 4.07. The molecule has 0 aromatic heterocycles. The molecule has 1 rings (SSSR count). The quantitative estimate of drug-likeness (QED) is 0.754. The molecule has 13 heavy (non-hydrogen) atoms. The number of alkyl halides is 3. The highest BCUT2D eigenvalue weighted by atomic mass is 32.2. The van der Waals surface area contributed by atoms with Crippen molar-refractivity contribution in [2.24, 2.45) is 0 Å². The van der Waals surface area contributed by atoms with Crippen molar-refractivity contribution < 1.29 is 13.2 Å². The number of anilines is 1. The summed E-state index contributed by atoms with van der Waals surface area (Å²) in [4.78, 5) is 0. The SMILES string of the molecule is Nc1ccc(CSC(F)(F)F)cc1. The normalized spacial score (nSPS) is 11.6. The Bertz CT molecular complexity index is 268. The summed E-state index contributed by atoms with van der Waals surface area (Å²) < 4.78 is 35.3. The van der Waals surface area contributed by atoms with Crippen LogP contribution in [0.4, 0.5) is 18.9 Å². The van der Waals surface area contributed by atoms with Crippen LogP contribution in [-0.2, 0) is 5.75 Å². The number of halogens is 3. The molecule has 0 fully saturated rings. The molecule has 5 heteroatoms. The van der Waals surface area contributed by atoms with Gasteiger partial charge < -0.3 is 5.73 Å². The van der Waals surface area contributed by atoms with Crippen LogP contribution < -0.4 is 5.73 Å². The lowest BCUT2D eigenvalue weighted by Crippen LogP contribution is -2.00. The minimum absolute atomic E-state index is 0.0483. The lowest BCUT2D eigenvalue weighted by Gasteiger charge is -2.05. The van der Waals surface area contributed by atoms with Crippen LogP contribution >= 0.6 is 11.8 Å². The van der Waals surface area contributed by atoms with Crippen LogP contribution in [0.25, 0.3) is 0 Å². The topological polar surface area (TPSA) is 26.0 Å². The van der Waals surface area contributed by atoms with Crippen LogP contribution in [0.15, 0.2) is 24.3 Å². The standard InChI is InChI=1S/C8H8F3NS/c9-8(10,11)13-5-6-1-3-7(12)4-2-6/h1-4H,5,12H2. The van der Waals surface area contributed by atoms with Gasteiger partial charge in [-0.15, -0.1) is 0 Å². The zero-order valence-electron chi connectivity index (χ0n) is 6.64. The largest absolute Gasteiger partial charge is 0.442 e. The fourth-order valence-corrected chi connectivity index (χ4v) is 1.30. The first kappa shape index (κ1) is 10.2. The van der Waals surface area contributed by atoms with Gasteiger partial charge in [0.2, 0.25) is 0 Å².